The zero-order chi connectivity index (χ0) is 4.50. The summed E-state index contributed by atoms with van der Waals surface area (Å²) in [5.41, 5.74) is 0. The maximum absolute atomic E-state index is 8.88. The molecule has 0 radical (unpaired) electrons. The predicted molar refractivity (Wildman–Crippen MR) is 22.6 cm³/mol. The van der Waals surface area contributed by atoms with Gasteiger partial charge in [-0.1, -0.05) is 0 Å². The van der Waals surface area contributed by atoms with Crippen molar-refractivity contribution in [2.75, 3.05) is 0 Å². The smallest absolute Gasteiger partial charge is 1.00 e. The molecule has 9 heavy (non-hydrogen) atoms. The summed E-state index contributed by atoms with van der Waals surface area (Å²) in [6.07, 6.45) is 0. The van der Waals surface area contributed by atoms with Crippen molar-refractivity contribution in [2.24, 2.45) is 0 Å². The molecule has 0 saturated carbocycles. The van der Waals surface area contributed by atoms with Crippen LogP contribution in [0.5, 0.6) is 0 Å². The summed E-state index contributed by atoms with van der Waals surface area (Å²) in [6.45, 7) is 0. The van der Waals surface area contributed by atoms with Crippen LogP contribution in [0.3, 0.4) is 0 Å². The van der Waals surface area contributed by atoms with Gasteiger partial charge >= 0.3 is 162 Å². The van der Waals surface area contributed by atoms with Gasteiger partial charge in [0.05, 0.1) is 0 Å². The molecule has 0 aromatic rings. The summed E-state index contributed by atoms with van der Waals surface area (Å²) in [4.78, 5) is 21.6. The molecule has 9 heteroatoms. The van der Waals surface area contributed by atoms with E-state index in [1.807, 2.05) is 0 Å². The quantitative estimate of drug-likeness (QED) is 0.246. The summed E-state index contributed by atoms with van der Waals surface area (Å²) in [5, 5.41) is 0. The molecular weight excluding hydrogens is 226 g/mol. The van der Waals surface area contributed by atoms with Gasteiger partial charge in [-0.05, 0) is 0 Å². The van der Waals surface area contributed by atoms with Crippen molar-refractivity contribution in [3.05, 3.63) is 0 Å². The van der Waals surface area contributed by atoms with Gasteiger partial charge in [-0.15, -0.1) is 0 Å². The van der Waals surface area contributed by atoms with Gasteiger partial charge in [-0.2, -0.15) is 0 Å². The SMILES string of the molecule is N.O=P(O)(O)O.[H-].[H-].[H-].[K+].[K+].[K+]. The third-order valence-electron chi connectivity index (χ3n) is 0. The molecule has 0 bridgehead atoms. The first kappa shape index (κ1) is 29.2. The third-order valence-corrected chi connectivity index (χ3v) is 0. The van der Waals surface area contributed by atoms with E-state index in [1.165, 1.54) is 0 Å². The van der Waals surface area contributed by atoms with E-state index in [0.29, 0.717) is 0 Å². The minimum Gasteiger partial charge on any atom is -1.00 e. The van der Waals surface area contributed by atoms with Gasteiger partial charge in [-0.3, -0.25) is 0 Å². The van der Waals surface area contributed by atoms with Gasteiger partial charge in [0.25, 0.3) is 0 Å². The molecule has 0 amide bonds. The van der Waals surface area contributed by atoms with E-state index >= 15 is 0 Å². The van der Waals surface area contributed by atoms with Crippen LogP contribution in [0.25, 0.3) is 0 Å². The summed E-state index contributed by atoms with van der Waals surface area (Å²) < 4.78 is 8.88. The zero-order valence-electron chi connectivity index (χ0n) is 8.90. The maximum Gasteiger partial charge on any atom is 1.00 e. The minimum absolute atomic E-state index is 0. The Kier molecular flexibility index (Phi) is 50.1. The van der Waals surface area contributed by atoms with Crippen molar-refractivity contribution < 1.29 is 178 Å². The molecule has 0 heterocycles. The van der Waals surface area contributed by atoms with Crippen LogP contribution in [0.1, 0.15) is 4.28 Å². The van der Waals surface area contributed by atoms with Crippen molar-refractivity contribution in [1.29, 1.82) is 0 Å². The van der Waals surface area contributed by atoms with Gasteiger partial charge in [0.15, 0.2) is 0 Å². The van der Waals surface area contributed by atoms with E-state index in [1.54, 1.807) is 0 Å². The minimum atomic E-state index is -4.64. The Hall–Kier alpha value is 4.98. The summed E-state index contributed by atoms with van der Waals surface area (Å²) in [5.74, 6) is 0. The van der Waals surface area contributed by atoms with Crippen LogP contribution < -0.4 is 160 Å². The average molecular weight is 235 g/mol. The van der Waals surface area contributed by atoms with Crippen molar-refractivity contribution in [1.82, 2.24) is 6.15 Å². The predicted octanol–water partition coefficient (Wildman–Crippen LogP) is -9.42. The van der Waals surface area contributed by atoms with Crippen LogP contribution in [0, 0.1) is 0 Å². The van der Waals surface area contributed by atoms with E-state index in [4.69, 9.17) is 19.2 Å². The first-order chi connectivity index (χ1) is 2.00. The van der Waals surface area contributed by atoms with E-state index < -0.39 is 7.82 Å². The molecule has 6 N–H and O–H groups in total. The maximum atomic E-state index is 8.88. The number of phosphoric acid groups is 1. The molecular formula is H9K3NO4P. The molecule has 0 spiro atoms. The molecule has 0 atom stereocenters. The second-order valence-electron chi connectivity index (χ2n) is 0.513. The molecule has 0 aliphatic heterocycles. The largest absolute Gasteiger partial charge is 1.00 e. The average Bonchev–Trinajstić information content (AvgIpc) is 0.722. The first-order valence-electron chi connectivity index (χ1n) is 0.783. The van der Waals surface area contributed by atoms with Crippen LogP contribution in [-0.4, -0.2) is 14.7 Å². The molecule has 0 aliphatic rings. The molecule has 0 fully saturated rings. The molecule has 5 nitrogen and oxygen atoms in total. The van der Waals surface area contributed by atoms with Crippen LogP contribution in [0.4, 0.5) is 0 Å². The van der Waals surface area contributed by atoms with Crippen molar-refractivity contribution in [3.8, 4) is 0 Å². The van der Waals surface area contributed by atoms with Gasteiger partial charge in [0, 0.05) is 0 Å². The molecule has 0 aliphatic carbocycles. The second-order valence-corrected chi connectivity index (χ2v) is 1.54. The fourth-order valence-electron chi connectivity index (χ4n) is 0. The van der Waals surface area contributed by atoms with Crippen molar-refractivity contribution in [3.63, 3.8) is 0 Å². The van der Waals surface area contributed by atoms with E-state index in [9.17, 15) is 0 Å². The van der Waals surface area contributed by atoms with Gasteiger partial charge in [0.1, 0.15) is 0 Å². The fourth-order valence-corrected chi connectivity index (χ4v) is 0. The van der Waals surface area contributed by atoms with E-state index in [0.717, 1.165) is 0 Å². The van der Waals surface area contributed by atoms with Crippen LogP contribution >= 0.6 is 7.82 Å². The molecule has 0 aromatic heterocycles. The van der Waals surface area contributed by atoms with Gasteiger partial charge in [0.2, 0.25) is 0 Å². The monoisotopic (exact) mass is 235 g/mol. The summed E-state index contributed by atoms with van der Waals surface area (Å²) in [6, 6.07) is 0. The Morgan fingerprint density at radius 2 is 1.00 bits per heavy atom. The van der Waals surface area contributed by atoms with Crippen LogP contribution in [0.2, 0.25) is 0 Å². The van der Waals surface area contributed by atoms with Crippen molar-refractivity contribution in [2.45, 2.75) is 0 Å². The second kappa shape index (κ2) is 15.5. The Bertz CT molecular complexity index is 71.7. The van der Waals surface area contributed by atoms with Crippen molar-refractivity contribution >= 4 is 7.82 Å². The van der Waals surface area contributed by atoms with E-state index in [-0.39, 0.29) is 165 Å². The Morgan fingerprint density at radius 3 is 1.00 bits per heavy atom. The van der Waals surface area contributed by atoms with E-state index in [2.05, 4.69) is 0 Å². The van der Waals surface area contributed by atoms with Gasteiger partial charge in [-0.25, -0.2) is 4.57 Å². The topological polar surface area (TPSA) is 113 Å². The number of hydrogen-bond acceptors (Lipinski definition) is 2. The summed E-state index contributed by atoms with van der Waals surface area (Å²) >= 11 is 0. The van der Waals surface area contributed by atoms with Crippen LogP contribution in [-0.2, 0) is 4.57 Å². The zero-order valence-corrected chi connectivity index (χ0v) is 16.2. The molecule has 0 saturated heterocycles. The third kappa shape index (κ3) is 63.1. The summed E-state index contributed by atoms with van der Waals surface area (Å²) in [7, 11) is -4.64. The fraction of sp³-hybridized carbons (Fsp3) is 0. The Morgan fingerprint density at radius 1 is 1.00 bits per heavy atom. The number of hydrogen-bond donors (Lipinski definition) is 4. The molecule has 46 valence electrons. The first-order valence-corrected chi connectivity index (χ1v) is 2.35. The Labute approximate surface area is 186 Å². The van der Waals surface area contributed by atoms with Gasteiger partial charge < -0.3 is 25.1 Å². The number of rotatable bonds is 0. The molecule has 0 unspecified atom stereocenters. The van der Waals surface area contributed by atoms with Crippen LogP contribution in [0.15, 0.2) is 0 Å². The standard InChI is InChI=1S/3K.H3N.H3O4P.3H/c;;;;1-5(2,3)4;;;/h;;;1H3;(H3,1,2,3,4);;;/q3*+1;;;3*-1. The molecule has 0 rings (SSSR count). The normalized spacial score (nSPS) is 6.56. The molecule has 0 aromatic carbocycles. The Balaban J connectivity index is -0.00000000381.